The van der Waals surface area contributed by atoms with Gasteiger partial charge in [-0.2, -0.15) is 0 Å². The lowest BCUT2D eigenvalue weighted by Gasteiger charge is -2.14. The van der Waals surface area contributed by atoms with E-state index in [2.05, 4.69) is 0 Å². The zero-order valence-corrected chi connectivity index (χ0v) is 8.35. The minimum Gasteiger partial charge on any atom is -0.394 e. The molecule has 0 aromatic carbocycles. The van der Waals surface area contributed by atoms with Gasteiger partial charge in [0.25, 0.3) is 0 Å². The van der Waals surface area contributed by atoms with E-state index in [1.807, 2.05) is 0 Å². The van der Waals surface area contributed by atoms with Crippen molar-refractivity contribution < 1.29 is 14.6 Å². The van der Waals surface area contributed by atoms with Crippen molar-refractivity contribution in [2.75, 3.05) is 38.2 Å². The monoisotopic (exact) mass is 216 g/mol. The van der Waals surface area contributed by atoms with E-state index in [-0.39, 0.29) is 12.7 Å². The van der Waals surface area contributed by atoms with E-state index in [1.54, 1.807) is 0 Å². The molecular weight excluding hydrogens is 203 g/mol. The first kappa shape index (κ1) is 12.5. The second-order valence-corrected chi connectivity index (χ2v) is 2.88. The Morgan fingerprint density at radius 2 is 1.83 bits per heavy atom. The normalized spacial score (nSPS) is 13.2. The van der Waals surface area contributed by atoms with Crippen molar-refractivity contribution in [3.8, 4) is 0 Å². The number of aliphatic hydroxyl groups excluding tert-OH is 1. The molecule has 0 aliphatic heterocycles. The molecule has 0 bridgehead atoms. The fourth-order valence-corrected chi connectivity index (χ4v) is 0.832. The first-order valence-electron chi connectivity index (χ1n) is 3.77. The number of alkyl halides is 2. The van der Waals surface area contributed by atoms with Gasteiger partial charge in [0.2, 0.25) is 0 Å². The maximum atomic E-state index is 8.77. The topological polar surface area (TPSA) is 38.7 Å². The Balaban J connectivity index is 3.26. The van der Waals surface area contributed by atoms with Crippen molar-refractivity contribution in [1.29, 1.82) is 0 Å². The summed E-state index contributed by atoms with van der Waals surface area (Å²) < 4.78 is 10.2. The van der Waals surface area contributed by atoms with Crippen LogP contribution in [0.4, 0.5) is 0 Å². The Morgan fingerprint density at radius 3 is 2.33 bits per heavy atom. The van der Waals surface area contributed by atoms with Crippen LogP contribution >= 0.6 is 23.2 Å². The summed E-state index contributed by atoms with van der Waals surface area (Å²) in [4.78, 5) is 0. The molecule has 74 valence electrons. The van der Waals surface area contributed by atoms with E-state index in [4.69, 9.17) is 37.8 Å². The number of halogens is 2. The predicted molar refractivity (Wildman–Crippen MR) is 49.1 cm³/mol. The summed E-state index contributed by atoms with van der Waals surface area (Å²) in [6.07, 6.45) is -0.285. The Kier molecular flexibility index (Phi) is 9.91. The first-order chi connectivity index (χ1) is 5.85. The molecule has 0 radical (unpaired) electrons. The Hall–Kier alpha value is 0.460. The molecule has 0 heterocycles. The van der Waals surface area contributed by atoms with Gasteiger partial charge >= 0.3 is 0 Å². The lowest BCUT2D eigenvalue weighted by Crippen LogP contribution is -2.25. The number of aliphatic hydroxyl groups is 1. The summed E-state index contributed by atoms with van der Waals surface area (Å²) in [6, 6.07) is 0. The van der Waals surface area contributed by atoms with Gasteiger partial charge in [-0.05, 0) is 0 Å². The number of hydrogen-bond acceptors (Lipinski definition) is 3. The van der Waals surface area contributed by atoms with Crippen LogP contribution in [-0.4, -0.2) is 49.4 Å². The predicted octanol–water partition coefficient (Wildman–Crippen LogP) is 0.858. The summed E-state index contributed by atoms with van der Waals surface area (Å²) in [6.45, 7) is 1.21. The largest absolute Gasteiger partial charge is 0.394 e. The van der Waals surface area contributed by atoms with E-state index in [0.29, 0.717) is 31.6 Å². The van der Waals surface area contributed by atoms with Crippen LogP contribution in [0.25, 0.3) is 0 Å². The molecule has 0 aliphatic carbocycles. The van der Waals surface area contributed by atoms with Crippen molar-refractivity contribution in [2.24, 2.45) is 0 Å². The molecule has 0 amide bonds. The maximum Gasteiger partial charge on any atom is 0.104 e. The molecule has 1 N–H and O–H groups in total. The van der Waals surface area contributed by atoms with E-state index in [1.165, 1.54) is 0 Å². The molecule has 0 saturated heterocycles. The minimum atomic E-state index is -0.285. The average Bonchev–Trinajstić information content (AvgIpc) is 2.11. The van der Waals surface area contributed by atoms with Gasteiger partial charge in [-0.25, -0.2) is 0 Å². The van der Waals surface area contributed by atoms with Crippen LogP contribution < -0.4 is 0 Å². The van der Waals surface area contributed by atoms with E-state index in [9.17, 15) is 0 Å². The van der Waals surface area contributed by atoms with Gasteiger partial charge in [-0.3, -0.25) is 0 Å². The summed E-state index contributed by atoms with van der Waals surface area (Å²) >= 11 is 10.8. The molecular formula is C7H14Cl2O3. The highest BCUT2D eigenvalue weighted by Gasteiger charge is 2.06. The molecule has 1 unspecified atom stereocenters. The molecule has 0 rings (SSSR count). The van der Waals surface area contributed by atoms with Gasteiger partial charge in [-0.1, -0.05) is 0 Å². The molecule has 0 aromatic rings. The van der Waals surface area contributed by atoms with Crippen LogP contribution in [0.3, 0.4) is 0 Å². The average molecular weight is 217 g/mol. The third kappa shape index (κ3) is 7.13. The van der Waals surface area contributed by atoms with Crippen molar-refractivity contribution in [2.45, 2.75) is 6.10 Å². The van der Waals surface area contributed by atoms with Crippen LogP contribution in [0.2, 0.25) is 0 Å². The summed E-state index contributed by atoms with van der Waals surface area (Å²) in [7, 11) is 0. The van der Waals surface area contributed by atoms with Crippen LogP contribution in [0.15, 0.2) is 0 Å². The van der Waals surface area contributed by atoms with Gasteiger partial charge in [0.15, 0.2) is 0 Å². The Labute approximate surface area is 82.6 Å². The molecule has 5 heteroatoms. The van der Waals surface area contributed by atoms with E-state index >= 15 is 0 Å². The van der Waals surface area contributed by atoms with Crippen molar-refractivity contribution in [3.05, 3.63) is 0 Å². The third-order valence-electron chi connectivity index (χ3n) is 1.16. The smallest absolute Gasteiger partial charge is 0.104 e. The molecule has 0 fully saturated rings. The fraction of sp³-hybridized carbons (Fsp3) is 1.00. The number of rotatable bonds is 8. The highest BCUT2D eigenvalue weighted by atomic mass is 35.5. The van der Waals surface area contributed by atoms with Crippen LogP contribution in [-0.2, 0) is 9.47 Å². The van der Waals surface area contributed by atoms with E-state index < -0.39 is 0 Å². The van der Waals surface area contributed by atoms with Gasteiger partial charge in [-0.15, -0.1) is 23.2 Å². The Morgan fingerprint density at radius 1 is 1.17 bits per heavy atom. The van der Waals surface area contributed by atoms with Gasteiger partial charge < -0.3 is 14.6 Å². The van der Waals surface area contributed by atoms with Crippen LogP contribution in [0.5, 0.6) is 0 Å². The molecule has 0 spiro atoms. The molecule has 12 heavy (non-hydrogen) atoms. The van der Waals surface area contributed by atoms with Crippen molar-refractivity contribution >= 4 is 23.2 Å². The van der Waals surface area contributed by atoms with Gasteiger partial charge in [0.05, 0.1) is 26.4 Å². The molecule has 1 atom stereocenters. The quantitative estimate of drug-likeness (QED) is 0.484. The summed E-state index contributed by atoms with van der Waals surface area (Å²) in [5.74, 6) is 0.875. The SMILES string of the molecule is OCC(COCCCl)OCCCl. The molecule has 0 aromatic heterocycles. The molecule has 0 aliphatic rings. The minimum absolute atomic E-state index is 0.0564. The van der Waals surface area contributed by atoms with E-state index in [0.717, 1.165) is 0 Å². The van der Waals surface area contributed by atoms with Crippen molar-refractivity contribution in [3.63, 3.8) is 0 Å². The molecule has 0 saturated carbocycles. The van der Waals surface area contributed by atoms with Gasteiger partial charge in [0.1, 0.15) is 6.10 Å². The second-order valence-electron chi connectivity index (χ2n) is 2.13. The van der Waals surface area contributed by atoms with Crippen LogP contribution in [0.1, 0.15) is 0 Å². The highest BCUT2D eigenvalue weighted by Crippen LogP contribution is 1.93. The standard InChI is InChI=1S/C7H14Cl2O3/c8-1-3-11-6-7(5-10)12-4-2-9/h7,10H,1-6H2. The zero-order valence-electron chi connectivity index (χ0n) is 6.84. The lowest BCUT2D eigenvalue weighted by molar-refractivity contribution is -0.0343. The highest BCUT2D eigenvalue weighted by molar-refractivity contribution is 6.18. The fourth-order valence-electron chi connectivity index (χ4n) is 0.634. The van der Waals surface area contributed by atoms with Crippen LogP contribution in [0, 0.1) is 0 Å². The molecule has 3 nitrogen and oxygen atoms in total. The Bertz CT molecular complexity index is 92.7. The van der Waals surface area contributed by atoms with Crippen molar-refractivity contribution in [1.82, 2.24) is 0 Å². The number of hydrogen-bond donors (Lipinski definition) is 1. The zero-order chi connectivity index (χ0) is 9.23. The first-order valence-corrected chi connectivity index (χ1v) is 4.84. The number of ether oxygens (including phenoxy) is 2. The third-order valence-corrected chi connectivity index (χ3v) is 1.47. The summed E-state index contributed by atoms with van der Waals surface area (Å²) in [5.41, 5.74) is 0. The second kappa shape index (κ2) is 9.55. The maximum absolute atomic E-state index is 8.77. The lowest BCUT2D eigenvalue weighted by atomic mass is 10.4. The van der Waals surface area contributed by atoms with Gasteiger partial charge in [0, 0.05) is 11.8 Å². The summed E-state index contributed by atoms with van der Waals surface area (Å²) in [5, 5.41) is 8.77.